The molecule has 39 heavy (non-hydrogen) atoms. The number of amides is 1. The lowest BCUT2D eigenvalue weighted by atomic mass is 10.0. The van der Waals surface area contributed by atoms with E-state index in [1.54, 1.807) is 35.4 Å². The number of aliphatic imine (C=N–C) groups is 2. The van der Waals surface area contributed by atoms with Crippen LogP contribution in [0.25, 0.3) is 0 Å². The second-order valence-electron chi connectivity index (χ2n) is 8.78. The summed E-state index contributed by atoms with van der Waals surface area (Å²) in [5.74, 6) is 0.698. The van der Waals surface area contributed by atoms with Crippen LogP contribution in [-0.2, 0) is 11.0 Å². The fraction of sp³-hybridized carbons (Fsp3) is 0.179. The fourth-order valence-corrected chi connectivity index (χ4v) is 4.52. The van der Waals surface area contributed by atoms with Crippen molar-refractivity contribution in [1.82, 2.24) is 0 Å². The molecule has 1 amide bonds. The number of halogens is 3. The Morgan fingerprint density at radius 1 is 1.03 bits per heavy atom. The van der Waals surface area contributed by atoms with Gasteiger partial charge in [0.05, 0.1) is 28.9 Å². The van der Waals surface area contributed by atoms with E-state index in [2.05, 4.69) is 34.0 Å². The molecular weight excluding hydrogens is 525 g/mol. The minimum atomic E-state index is -4.40. The first-order valence-corrected chi connectivity index (χ1v) is 12.9. The smallest absolute Gasteiger partial charge is 0.383 e. The van der Waals surface area contributed by atoms with E-state index in [0.29, 0.717) is 22.2 Å². The van der Waals surface area contributed by atoms with Crippen LogP contribution in [0.15, 0.2) is 93.0 Å². The lowest BCUT2D eigenvalue weighted by Crippen LogP contribution is -2.30. The monoisotopic (exact) mass is 550 g/mol. The number of nitrogens with zero attached hydrogens (tertiary/aromatic N) is 5. The Morgan fingerprint density at radius 3 is 2.38 bits per heavy atom. The van der Waals surface area contributed by atoms with Gasteiger partial charge >= 0.3 is 6.18 Å². The minimum absolute atomic E-state index is 0.0389. The van der Waals surface area contributed by atoms with Gasteiger partial charge in [0.1, 0.15) is 12.2 Å². The highest BCUT2D eigenvalue weighted by molar-refractivity contribution is 8.15. The first-order chi connectivity index (χ1) is 18.6. The predicted octanol–water partition coefficient (Wildman–Crippen LogP) is 6.36. The van der Waals surface area contributed by atoms with E-state index in [4.69, 9.17) is 5.73 Å². The third-order valence-corrected chi connectivity index (χ3v) is 6.63. The van der Waals surface area contributed by atoms with Crippen molar-refractivity contribution in [2.24, 2.45) is 25.9 Å². The average molecular weight is 551 g/mol. The minimum Gasteiger partial charge on any atom is -0.383 e. The third-order valence-electron chi connectivity index (χ3n) is 5.72. The molecule has 0 unspecified atom stereocenters. The first kappa shape index (κ1) is 27.8. The molecule has 0 atom stereocenters. The van der Waals surface area contributed by atoms with E-state index in [1.807, 2.05) is 24.3 Å². The van der Waals surface area contributed by atoms with Gasteiger partial charge in [-0.1, -0.05) is 68.1 Å². The van der Waals surface area contributed by atoms with Crippen molar-refractivity contribution in [3.05, 3.63) is 95.1 Å². The molecule has 0 aliphatic carbocycles. The van der Waals surface area contributed by atoms with Crippen LogP contribution < -0.4 is 10.6 Å². The summed E-state index contributed by atoms with van der Waals surface area (Å²) in [5, 5.41) is 9.00. The van der Waals surface area contributed by atoms with E-state index in [0.717, 1.165) is 28.9 Å². The third kappa shape index (κ3) is 6.99. The summed E-state index contributed by atoms with van der Waals surface area (Å²) in [7, 11) is 0. The van der Waals surface area contributed by atoms with Crippen molar-refractivity contribution in [1.29, 1.82) is 0 Å². The Kier molecular flexibility index (Phi) is 8.60. The second kappa shape index (κ2) is 12.1. The molecule has 0 saturated carbocycles. The van der Waals surface area contributed by atoms with Crippen molar-refractivity contribution >= 4 is 52.6 Å². The average Bonchev–Trinajstić information content (AvgIpc) is 3.28. The number of carbonyl (C=O) groups is 1. The molecule has 1 fully saturated rings. The molecule has 0 bridgehead atoms. The van der Waals surface area contributed by atoms with Crippen LogP contribution in [0.3, 0.4) is 0 Å². The van der Waals surface area contributed by atoms with Crippen molar-refractivity contribution in [2.75, 3.05) is 10.7 Å². The Bertz CT molecular complexity index is 1450. The molecule has 11 heteroatoms. The Hall–Kier alpha value is -4.25. The molecule has 0 radical (unpaired) electrons. The number of hydrogen-bond donors (Lipinski definition) is 1. The first-order valence-electron chi connectivity index (χ1n) is 11.9. The SMILES string of the molecule is CC(C)c1ccccc1N1C(=O)CS/C1=N\N=C\c1ccc(C(N)=NC=Nc2ccc(C(F)(F)F)cc2)cc1. The zero-order valence-corrected chi connectivity index (χ0v) is 21.9. The number of thioether (sulfide) groups is 1. The summed E-state index contributed by atoms with van der Waals surface area (Å²) in [5.41, 5.74) is 8.85. The number of hydrogen-bond acceptors (Lipinski definition) is 5. The summed E-state index contributed by atoms with van der Waals surface area (Å²) in [6.45, 7) is 4.16. The molecule has 200 valence electrons. The Labute approximate surface area is 228 Å². The second-order valence-corrected chi connectivity index (χ2v) is 9.73. The zero-order chi connectivity index (χ0) is 28.0. The summed E-state index contributed by atoms with van der Waals surface area (Å²) in [4.78, 5) is 22.3. The van der Waals surface area contributed by atoms with Gasteiger partial charge in [-0.15, -0.1) is 5.10 Å². The molecule has 1 aliphatic heterocycles. The predicted molar refractivity (Wildman–Crippen MR) is 152 cm³/mol. The van der Waals surface area contributed by atoms with Crippen LogP contribution in [0.1, 0.15) is 42.0 Å². The van der Waals surface area contributed by atoms with Gasteiger partial charge in [0.2, 0.25) is 5.91 Å². The number of rotatable bonds is 7. The Morgan fingerprint density at radius 2 is 1.72 bits per heavy atom. The number of para-hydroxylation sites is 1. The van der Waals surface area contributed by atoms with Crippen molar-refractivity contribution < 1.29 is 18.0 Å². The molecule has 1 saturated heterocycles. The van der Waals surface area contributed by atoms with Crippen LogP contribution in [0.4, 0.5) is 24.5 Å². The van der Waals surface area contributed by atoms with Crippen molar-refractivity contribution in [2.45, 2.75) is 25.9 Å². The highest BCUT2D eigenvalue weighted by atomic mass is 32.2. The van der Waals surface area contributed by atoms with Gasteiger partial charge in [-0.25, -0.2) is 9.98 Å². The molecule has 3 aromatic rings. The topological polar surface area (TPSA) is 95.8 Å². The number of benzene rings is 3. The van der Waals surface area contributed by atoms with E-state index in [-0.39, 0.29) is 17.7 Å². The summed E-state index contributed by atoms with van der Waals surface area (Å²) < 4.78 is 38.0. The van der Waals surface area contributed by atoms with Gasteiger partial charge in [0.15, 0.2) is 5.17 Å². The van der Waals surface area contributed by atoms with Crippen LogP contribution in [-0.4, -0.2) is 35.2 Å². The van der Waals surface area contributed by atoms with Gasteiger partial charge in [0, 0.05) is 5.56 Å². The molecule has 3 aromatic carbocycles. The summed E-state index contributed by atoms with van der Waals surface area (Å²) >= 11 is 1.34. The molecule has 2 N–H and O–H groups in total. The van der Waals surface area contributed by atoms with Crippen LogP contribution in [0.5, 0.6) is 0 Å². The maximum atomic E-state index is 12.7. The molecule has 1 heterocycles. The van der Waals surface area contributed by atoms with Crippen LogP contribution in [0.2, 0.25) is 0 Å². The lowest BCUT2D eigenvalue weighted by molar-refractivity contribution is -0.137. The molecule has 7 nitrogen and oxygen atoms in total. The van der Waals surface area contributed by atoms with E-state index in [9.17, 15) is 18.0 Å². The number of alkyl halides is 3. The summed E-state index contributed by atoms with van der Waals surface area (Å²) in [6.07, 6.45) is -1.64. The van der Waals surface area contributed by atoms with Crippen molar-refractivity contribution in [3.63, 3.8) is 0 Å². The van der Waals surface area contributed by atoms with Crippen molar-refractivity contribution in [3.8, 4) is 0 Å². The van der Waals surface area contributed by atoms with Gasteiger partial charge < -0.3 is 5.73 Å². The van der Waals surface area contributed by atoms with Gasteiger partial charge in [-0.3, -0.25) is 9.69 Å². The standard InChI is InChI=1S/C28H25F3N6OS/c1-18(2)23-5-3-4-6-24(23)37-25(38)16-39-27(37)36-35-15-19-7-9-20(10-8-19)26(32)34-17-33-22-13-11-21(12-14-22)28(29,30)31/h3-15,17-18H,16H2,1-2H3,(H2,32,33,34)/b35-15+,36-27-. The van der Waals surface area contributed by atoms with Gasteiger partial charge in [0.25, 0.3) is 0 Å². The Balaban J connectivity index is 1.42. The number of nitrogens with two attached hydrogens (primary N) is 1. The van der Waals surface area contributed by atoms with Gasteiger partial charge in [-0.2, -0.15) is 18.3 Å². The molecule has 4 rings (SSSR count). The quantitative estimate of drug-likeness (QED) is 0.211. The number of anilines is 1. The lowest BCUT2D eigenvalue weighted by Gasteiger charge is -2.20. The number of amidine groups is 2. The maximum absolute atomic E-state index is 12.7. The highest BCUT2D eigenvalue weighted by Gasteiger charge is 2.32. The van der Waals surface area contributed by atoms with E-state index in [1.165, 1.54) is 30.2 Å². The highest BCUT2D eigenvalue weighted by Crippen LogP contribution is 2.33. The molecule has 0 aromatic heterocycles. The van der Waals surface area contributed by atoms with Crippen LogP contribution in [0, 0.1) is 0 Å². The molecular formula is C28H25F3N6OS. The summed E-state index contributed by atoms with van der Waals surface area (Å²) in [6, 6.07) is 19.3. The van der Waals surface area contributed by atoms with Gasteiger partial charge in [-0.05, 0) is 47.4 Å². The molecule has 1 aliphatic rings. The normalized spacial score (nSPS) is 15.9. The fourth-order valence-electron chi connectivity index (χ4n) is 3.71. The van der Waals surface area contributed by atoms with E-state index < -0.39 is 11.7 Å². The molecule has 0 spiro atoms. The maximum Gasteiger partial charge on any atom is 0.416 e. The van der Waals surface area contributed by atoms with Crippen LogP contribution >= 0.6 is 11.8 Å². The zero-order valence-electron chi connectivity index (χ0n) is 21.1. The largest absolute Gasteiger partial charge is 0.416 e. The number of carbonyl (C=O) groups excluding carboxylic acids is 1. The van der Waals surface area contributed by atoms with E-state index >= 15 is 0 Å².